The molecular formula is C36H43N5O3. The van der Waals surface area contributed by atoms with Crippen molar-refractivity contribution in [1.82, 2.24) is 14.7 Å². The summed E-state index contributed by atoms with van der Waals surface area (Å²) in [5.74, 6) is 1.91. The highest BCUT2D eigenvalue weighted by Crippen LogP contribution is 2.29. The average Bonchev–Trinajstić information content (AvgIpc) is 3.43. The van der Waals surface area contributed by atoms with Crippen molar-refractivity contribution in [2.75, 3.05) is 30.8 Å². The number of hydrogen-bond acceptors (Lipinski definition) is 4. The number of benzene rings is 3. The fourth-order valence-electron chi connectivity index (χ4n) is 5.63. The second-order valence-electron chi connectivity index (χ2n) is 12.7. The lowest BCUT2D eigenvalue weighted by Gasteiger charge is -2.32. The van der Waals surface area contributed by atoms with Crippen LogP contribution >= 0.6 is 0 Å². The molecule has 0 bridgehead atoms. The molecule has 2 heterocycles. The minimum atomic E-state index is -0.317. The lowest BCUT2D eigenvalue weighted by molar-refractivity contribution is -0.131. The number of rotatable bonds is 8. The Morgan fingerprint density at radius 2 is 1.57 bits per heavy atom. The molecule has 1 aromatic heterocycles. The maximum Gasteiger partial charge on any atom is 0.324 e. The second kappa shape index (κ2) is 13.4. The number of hydrogen-bond donors (Lipinski definition) is 2. The summed E-state index contributed by atoms with van der Waals surface area (Å²) in [5, 5.41) is 10.9. The van der Waals surface area contributed by atoms with Crippen LogP contribution in [0.3, 0.4) is 0 Å². The van der Waals surface area contributed by atoms with Gasteiger partial charge < -0.3 is 15.0 Å². The fourth-order valence-corrected chi connectivity index (χ4v) is 5.63. The van der Waals surface area contributed by atoms with Crippen LogP contribution in [0.4, 0.5) is 16.3 Å². The Hall–Kier alpha value is -4.59. The zero-order chi connectivity index (χ0) is 31.3. The molecule has 0 aliphatic carbocycles. The molecule has 8 heteroatoms. The molecule has 0 atom stereocenters. The monoisotopic (exact) mass is 593 g/mol. The molecule has 1 aliphatic rings. The summed E-state index contributed by atoms with van der Waals surface area (Å²) in [5.41, 5.74) is 5.55. The van der Waals surface area contributed by atoms with Crippen LogP contribution in [-0.2, 0) is 23.1 Å². The van der Waals surface area contributed by atoms with Crippen LogP contribution < -0.4 is 15.4 Å². The Morgan fingerprint density at radius 1 is 0.909 bits per heavy atom. The number of ether oxygens (including phenoxy) is 1. The first-order valence-electron chi connectivity index (χ1n) is 15.3. The van der Waals surface area contributed by atoms with E-state index in [-0.39, 0.29) is 17.4 Å². The lowest BCUT2D eigenvalue weighted by atomic mass is 9.89. The summed E-state index contributed by atoms with van der Waals surface area (Å²) >= 11 is 0. The molecular weight excluding hydrogens is 550 g/mol. The number of para-hydroxylation sites is 2. The first kappa shape index (κ1) is 30.9. The zero-order valence-corrected chi connectivity index (χ0v) is 26.4. The maximum absolute atomic E-state index is 13.3. The minimum absolute atomic E-state index is 0.131. The summed E-state index contributed by atoms with van der Waals surface area (Å²) in [6.07, 6.45) is 3.02. The van der Waals surface area contributed by atoms with Gasteiger partial charge >= 0.3 is 6.03 Å². The van der Waals surface area contributed by atoms with Gasteiger partial charge in [-0.05, 0) is 61.9 Å². The van der Waals surface area contributed by atoms with E-state index < -0.39 is 0 Å². The van der Waals surface area contributed by atoms with E-state index in [1.807, 2.05) is 84.6 Å². The quantitative estimate of drug-likeness (QED) is 0.227. The number of nitrogens with one attached hydrogen (secondary N) is 2. The minimum Gasteiger partial charge on any atom is -0.496 e. The standard InChI is InChI=1S/C36H43N5O3/c1-25-14-16-29(17-15-25)41-33(24-32(39-41)36(2,3)4)38-35(43)37-30-12-8-6-10-27(30)22-26-18-20-40(21-19-26)34(42)23-28-11-7-9-13-31(28)44-5/h6-17,24,26H,18-23H2,1-5H3,(H2,37,38,43). The van der Waals surface area contributed by atoms with Crippen LogP contribution in [-0.4, -0.2) is 46.8 Å². The highest BCUT2D eigenvalue weighted by molar-refractivity contribution is 6.00. The van der Waals surface area contributed by atoms with E-state index in [9.17, 15) is 9.59 Å². The Labute approximate surface area is 260 Å². The zero-order valence-electron chi connectivity index (χ0n) is 26.4. The fraction of sp³-hybridized carbons (Fsp3) is 0.361. The molecule has 1 fully saturated rings. The molecule has 2 N–H and O–H groups in total. The van der Waals surface area contributed by atoms with E-state index in [1.165, 1.54) is 0 Å². The molecule has 4 aromatic rings. The predicted molar refractivity (Wildman–Crippen MR) is 176 cm³/mol. The van der Waals surface area contributed by atoms with Crippen molar-refractivity contribution >= 4 is 23.4 Å². The van der Waals surface area contributed by atoms with Crippen molar-refractivity contribution in [3.8, 4) is 11.4 Å². The van der Waals surface area contributed by atoms with Crippen LogP contribution in [0.15, 0.2) is 78.9 Å². The molecule has 0 radical (unpaired) electrons. The van der Waals surface area contributed by atoms with E-state index in [1.54, 1.807) is 11.8 Å². The normalized spacial score (nSPS) is 13.9. The van der Waals surface area contributed by atoms with Gasteiger partial charge in [0.15, 0.2) is 0 Å². The molecule has 3 aromatic carbocycles. The molecule has 1 aliphatic heterocycles. The van der Waals surface area contributed by atoms with Crippen LogP contribution in [0.25, 0.3) is 5.69 Å². The third kappa shape index (κ3) is 7.48. The summed E-state index contributed by atoms with van der Waals surface area (Å²) < 4.78 is 7.21. The molecule has 3 amide bonds. The third-order valence-corrected chi connectivity index (χ3v) is 8.27. The van der Waals surface area contributed by atoms with Crippen molar-refractivity contribution in [3.05, 3.63) is 101 Å². The number of piperidine rings is 1. The smallest absolute Gasteiger partial charge is 0.324 e. The number of carbonyl (C=O) groups is 2. The number of carbonyl (C=O) groups excluding carboxylic acids is 2. The highest BCUT2D eigenvalue weighted by Gasteiger charge is 2.25. The number of nitrogens with zero attached hydrogens (tertiary/aromatic N) is 3. The molecule has 0 saturated carbocycles. The number of anilines is 2. The van der Waals surface area contributed by atoms with Gasteiger partial charge in [-0.1, -0.05) is 74.9 Å². The second-order valence-corrected chi connectivity index (χ2v) is 12.7. The number of likely N-dealkylation sites (tertiary alicyclic amines) is 1. The van der Waals surface area contributed by atoms with E-state index in [0.29, 0.717) is 18.2 Å². The van der Waals surface area contributed by atoms with E-state index >= 15 is 0 Å². The molecule has 0 unspecified atom stereocenters. The topological polar surface area (TPSA) is 88.5 Å². The number of urea groups is 1. The van der Waals surface area contributed by atoms with Crippen LogP contribution in [0, 0.1) is 12.8 Å². The van der Waals surface area contributed by atoms with Gasteiger partial charge in [-0.25, -0.2) is 9.48 Å². The van der Waals surface area contributed by atoms with Gasteiger partial charge in [0.05, 0.1) is 24.9 Å². The Kier molecular flexibility index (Phi) is 9.37. The van der Waals surface area contributed by atoms with Gasteiger partial charge in [-0.15, -0.1) is 0 Å². The Balaban J connectivity index is 1.21. The van der Waals surface area contributed by atoms with Crippen molar-refractivity contribution < 1.29 is 14.3 Å². The van der Waals surface area contributed by atoms with Gasteiger partial charge in [-0.3, -0.25) is 10.1 Å². The van der Waals surface area contributed by atoms with Gasteiger partial charge in [-0.2, -0.15) is 5.10 Å². The van der Waals surface area contributed by atoms with Crippen molar-refractivity contribution in [3.63, 3.8) is 0 Å². The summed E-state index contributed by atoms with van der Waals surface area (Å²) in [6.45, 7) is 9.83. The first-order chi connectivity index (χ1) is 21.1. The molecule has 1 saturated heterocycles. The maximum atomic E-state index is 13.3. The van der Waals surface area contributed by atoms with Crippen LogP contribution in [0.2, 0.25) is 0 Å². The Morgan fingerprint density at radius 3 is 2.25 bits per heavy atom. The van der Waals surface area contributed by atoms with Gasteiger partial charge in [0.25, 0.3) is 0 Å². The van der Waals surface area contributed by atoms with E-state index in [0.717, 1.165) is 71.9 Å². The van der Waals surface area contributed by atoms with Crippen molar-refractivity contribution in [2.45, 2.75) is 58.8 Å². The number of methoxy groups -OCH3 is 1. The number of aromatic nitrogens is 2. The van der Waals surface area contributed by atoms with Crippen LogP contribution in [0.5, 0.6) is 5.75 Å². The number of aryl methyl sites for hydroxylation is 1. The van der Waals surface area contributed by atoms with E-state index in [4.69, 9.17) is 9.84 Å². The van der Waals surface area contributed by atoms with Gasteiger partial charge in [0.1, 0.15) is 11.6 Å². The molecule has 44 heavy (non-hydrogen) atoms. The number of amides is 3. The van der Waals surface area contributed by atoms with Crippen LogP contribution in [0.1, 0.15) is 56.0 Å². The van der Waals surface area contributed by atoms with Gasteiger partial charge in [0, 0.05) is 35.8 Å². The van der Waals surface area contributed by atoms with Crippen molar-refractivity contribution in [2.24, 2.45) is 5.92 Å². The predicted octanol–water partition coefficient (Wildman–Crippen LogP) is 7.15. The average molecular weight is 594 g/mol. The van der Waals surface area contributed by atoms with E-state index in [2.05, 4.69) is 37.5 Å². The molecule has 5 rings (SSSR count). The van der Waals surface area contributed by atoms with Gasteiger partial charge in [0.2, 0.25) is 5.91 Å². The molecule has 230 valence electrons. The van der Waals surface area contributed by atoms with Crippen molar-refractivity contribution in [1.29, 1.82) is 0 Å². The third-order valence-electron chi connectivity index (χ3n) is 8.27. The SMILES string of the molecule is COc1ccccc1CC(=O)N1CCC(Cc2ccccc2NC(=O)Nc2cc(C(C)(C)C)nn2-c2ccc(C)cc2)CC1. The summed E-state index contributed by atoms with van der Waals surface area (Å²) in [7, 11) is 1.63. The first-order valence-corrected chi connectivity index (χ1v) is 15.3. The lowest BCUT2D eigenvalue weighted by Crippen LogP contribution is -2.39. The summed E-state index contributed by atoms with van der Waals surface area (Å²) in [6, 6.07) is 25.4. The molecule has 8 nitrogen and oxygen atoms in total. The largest absolute Gasteiger partial charge is 0.496 e. The summed E-state index contributed by atoms with van der Waals surface area (Å²) in [4.78, 5) is 28.3. The molecule has 0 spiro atoms. The highest BCUT2D eigenvalue weighted by atomic mass is 16.5. The Bertz CT molecular complexity index is 1590.